The van der Waals surface area contributed by atoms with E-state index in [1.165, 1.54) is 6.92 Å². The van der Waals surface area contributed by atoms with Crippen LogP contribution in [0.5, 0.6) is 5.75 Å². The van der Waals surface area contributed by atoms with Gasteiger partial charge < -0.3 is 10.1 Å². The summed E-state index contributed by atoms with van der Waals surface area (Å²) in [6.45, 7) is 1.38. The van der Waals surface area contributed by atoms with E-state index < -0.39 is 6.04 Å². The topological polar surface area (TPSA) is 62.1 Å². The zero-order valence-corrected chi connectivity index (χ0v) is 8.65. The highest BCUT2D eigenvalue weighted by molar-refractivity contribution is 5.73. The second-order valence-corrected chi connectivity index (χ2v) is 3.04. The van der Waals surface area contributed by atoms with Crippen LogP contribution in [-0.2, 0) is 4.79 Å². The van der Waals surface area contributed by atoms with Gasteiger partial charge in [0.15, 0.2) is 0 Å². The minimum atomic E-state index is -0.603. The molecule has 1 atom stereocenters. The molecule has 0 saturated heterocycles. The summed E-state index contributed by atoms with van der Waals surface area (Å²) in [5.74, 6) is 0.496. The van der Waals surface area contributed by atoms with Crippen molar-refractivity contribution in [3.05, 3.63) is 29.8 Å². The SMILES string of the molecule is COc1ccc([C@H](C#N)NC(C)=O)cc1. The lowest BCUT2D eigenvalue weighted by atomic mass is 10.1. The molecule has 78 valence electrons. The second kappa shape index (κ2) is 5.01. The van der Waals surface area contributed by atoms with Crippen LogP contribution in [0, 0.1) is 11.3 Å². The monoisotopic (exact) mass is 204 g/mol. The third kappa shape index (κ3) is 2.99. The summed E-state index contributed by atoms with van der Waals surface area (Å²) in [6, 6.07) is 8.42. The van der Waals surface area contributed by atoms with Gasteiger partial charge in [0.25, 0.3) is 0 Å². The fraction of sp³-hybridized carbons (Fsp3) is 0.273. The number of carbonyl (C=O) groups is 1. The van der Waals surface area contributed by atoms with Gasteiger partial charge in [0.1, 0.15) is 11.8 Å². The van der Waals surface area contributed by atoms with E-state index in [1.54, 1.807) is 31.4 Å². The molecule has 15 heavy (non-hydrogen) atoms. The Bertz CT molecular complexity index is 379. The maximum atomic E-state index is 10.8. The molecule has 0 radical (unpaired) electrons. The van der Waals surface area contributed by atoms with E-state index in [2.05, 4.69) is 5.32 Å². The van der Waals surface area contributed by atoms with E-state index >= 15 is 0 Å². The van der Waals surface area contributed by atoms with Crippen molar-refractivity contribution in [3.63, 3.8) is 0 Å². The molecule has 0 fully saturated rings. The first-order valence-electron chi connectivity index (χ1n) is 4.48. The van der Waals surface area contributed by atoms with Crippen molar-refractivity contribution in [1.29, 1.82) is 5.26 Å². The average Bonchev–Trinajstić information content (AvgIpc) is 2.26. The molecule has 0 spiro atoms. The van der Waals surface area contributed by atoms with E-state index in [0.29, 0.717) is 0 Å². The zero-order chi connectivity index (χ0) is 11.3. The first-order valence-corrected chi connectivity index (χ1v) is 4.48. The molecule has 0 saturated carbocycles. The van der Waals surface area contributed by atoms with Gasteiger partial charge in [0.2, 0.25) is 5.91 Å². The average molecular weight is 204 g/mol. The van der Waals surface area contributed by atoms with Gasteiger partial charge in [-0.05, 0) is 17.7 Å². The van der Waals surface area contributed by atoms with Gasteiger partial charge in [-0.2, -0.15) is 5.26 Å². The summed E-state index contributed by atoms with van der Waals surface area (Å²) in [5.41, 5.74) is 0.744. The Hall–Kier alpha value is -2.02. The van der Waals surface area contributed by atoms with Crippen LogP contribution >= 0.6 is 0 Å². The van der Waals surface area contributed by atoms with Crippen LogP contribution in [0.4, 0.5) is 0 Å². The highest BCUT2D eigenvalue weighted by atomic mass is 16.5. The molecule has 1 aromatic rings. The highest BCUT2D eigenvalue weighted by Gasteiger charge is 2.10. The predicted octanol–water partition coefficient (Wildman–Crippen LogP) is 1.40. The molecular formula is C11H12N2O2. The van der Waals surface area contributed by atoms with Crippen LogP contribution in [0.15, 0.2) is 24.3 Å². The summed E-state index contributed by atoms with van der Waals surface area (Å²) < 4.78 is 4.99. The van der Waals surface area contributed by atoms with Gasteiger partial charge in [0, 0.05) is 6.92 Å². The quantitative estimate of drug-likeness (QED) is 0.809. The van der Waals surface area contributed by atoms with Crippen LogP contribution in [-0.4, -0.2) is 13.0 Å². The van der Waals surface area contributed by atoms with Crippen LogP contribution in [0.25, 0.3) is 0 Å². The molecule has 1 N–H and O–H groups in total. The van der Waals surface area contributed by atoms with E-state index in [-0.39, 0.29) is 5.91 Å². The number of rotatable bonds is 3. The lowest BCUT2D eigenvalue weighted by Gasteiger charge is -2.10. The fourth-order valence-corrected chi connectivity index (χ4v) is 1.19. The molecule has 1 rings (SSSR count). The van der Waals surface area contributed by atoms with Gasteiger partial charge in [-0.25, -0.2) is 0 Å². The molecule has 0 aromatic heterocycles. The van der Waals surface area contributed by atoms with E-state index in [0.717, 1.165) is 11.3 Å². The molecule has 4 heteroatoms. The smallest absolute Gasteiger partial charge is 0.218 e. The summed E-state index contributed by atoms with van der Waals surface area (Å²) in [5, 5.41) is 11.4. The van der Waals surface area contributed by atoms with Crippen molar-refractivity contribution >= 4 is 5.91 Å². The van der Waals surface area contributed by atoms with E-state index in [9.17, 15) is 4.79 Å². The molecule has 4 nitrogen and oxygen atoms in total. The zero-order valence-electron chi connectivity index (χ0n) is 8.65. The number of hydrogen-bond donors (Lipinski definition) is 1. The third-order valence-corrected chi connectivity index (χ3v) is 1.93. The molecule has 0 heterocycles. The number of methoxy groups -OCH3 is 1. The van der Waals surface area contributed by atoms with Crippen LogP contribution < -0.4 is 10.1 Å². The maximum Gasteiger partial charge on any atom is 0.218 e. The standard InChI is InChI=1S/C11H12N2O2/c1-8(14)13-11(7-12)9-3-5-10(15-2)6-4-9/h3-6,11H,1-2H3,(H,13,14)/t11-/m0/s1. The van der Waals surface area contributed by atoms with Crippen molar-refractivity contribution < 1.29 is 9.53 Å². The Balaban J connectivity index is 2.84. The Morgan fingerprint density at radius 3 is 2.47 bits per heavy atom. The van der Waals surface area contributed by atoms with Crippen molar-refractivity contribution in [1.82, 2.24) is 5.32 Å². The summed E-state index contributed by atoms with van der Waals surface area (Å²) in [4.78, 5) is 10.8. The molecule has 0 aliphatic carbocycles. The molecule has 0 aliphatic rings. The molecule has 0 bridgehead atoms. The fourth-order valence-electron chi connectivity index (χ4n) is 1.19. The van der Waals surface area contributed by atoms with Crippen LogP contribution in [0.3, 0.4) is 0 Å². The Morgan fingerprint density at radius 2 is 2.07 bits per heavy atom. The predicted molar refractivity (Wildman–Crippen MR) is 55.2 cm³/mol. The summed E-state index contributed by atoms with van der Waals surface area (Å²) in [6.07, 6.45) is 0. The Labute approximate surface area is 88.5 Å². The minimum absolute atomic E-state index is 0.225. The molecule has 0 unspecified atom stereocenters. The number of amides is 1. The normalized spacial score (nSPS) is 11.3. The van der Waals surface area contributed by atoms with Crippen molar-refractivity contribution in [3.8, 4) is 11.8 Å². The number of nitrogens with one attached hydrogen (secondary N) is 1. The largest absolute Gasteiger partial charge is 0.497 e. The number of nitrogens with zero attached hydrogens (tertiary/aromatic N) is 1. The van der Waals surface area contributed by atoms with Gasteiger partial charge in [0.05, 0.1) is 13.2 Å². The number of ether oxygens (including phenoxy) is 1. The second-order valence-electron chi connectivity index (χ2n) is 3.04. The van der Waals surface area contributed by atoms with Crippen molar-refractivity contribution in [2.75, 3.05) is 7.11 Å². The lowest BCUT2D eigenvalue weighted by molar-refractivity contribution is -0.119. The van der Waals surface area contributed by atoms with Crippen molar-refractivity contribution in [2.45, 2.75) is 13.0 Å². The summed E-state index contributed by atoms with van der Waals surface area (Å²) >= 11 is 0. The number of benzene rings is 1. The third-order valence-electron chi connectivity index (χ3n) is 1.93. The first kappa shape index (κ1) is 11.1. The maximum absolute atomic E-state index is 10.8. The van der Waals surface area contributed by atoms with E-state index in [1.807, 2.05) is 6.07 Å². The lowest BCUT2D eigenvalue weighted by Crippen LogP contribution is -2.24. The van der Waals surface area contributed by atoms with Gasteiger partial charge in [-0.1, -0.05) is 12.1 Å². The molecule has 1 aromatic carbocycles. The van der Waals surface area contributed by atoms with E-state index in [4.69, 9.17) is 10.00 Å². The molecule has 1 amide bonds. The van der Waals surface area contributed by atoms with Crippen molar-refractivity contribution in [2.24, 2.45) is 0 Å². The Morgan fingerprint density at radius 1 is 1.47 bits per heavy atom. The molecule has 0 aliphatic heterocycles. The van der Waals surface area contributed by atoms with Crippen LogP contribution in [0.2, 0.25) is 0 Å². The number of nitriles is 1. The highest BCUT2D eigenvalue weighted by Crippen LogP contribution is 2.16. The van der Waals surface area contributed by atoms with Crippen LogP contribution in [0.1, 0.15) is 18.5 Å². The van der Waals surface area contributed by atoms with Gasteiger partial charge >= 0.3 is 0 Å². The Kier molecular flexibility index (Phi) is 3.69. The number of carbonyl (C=O) groups excluding carboxylic acids is 1. The minimum Gasteiger partial charge on any atom is -0.497 e. The van der Waals surface area contributed by atoms with Gasteiger partial charge in [-0.15, -0.1) is 0 Å². The summed E-state index contributed by atoms with van der Waals surface area (Å²) in [7, 11) is 1.57. The first-order chi connectivity index (χ1) is 7.17. The molecular weight excluding hydrogens is 192 g/mol. The van der Waals surface area contributed by atoms with Gasteiger partial charge in [-0.3, -0.25) is 4.79 Å². The number of hydrogen-bond acceptors (Lipinski definition) is 3.